The first kappa shape index (κ1) is 20.4. The van der Waals surface area contributed by atoms with Gasteiger partial charge in [-0.15, -0.1) is 5.10 Å². The van der Waals surface area contributed by atoms with Crippen molar-refractivity contribution in [3.8, 4) is 0 Å². The van der Waals surface area contributed by atoms with E-state index in [-0.39, 0.29) is 11.6 Å². The Balaban J connectivity index is 1.67. The highest BCUT2D eigenvalue weighted by molar-refractivity contribution is 5.83. The van der Waals surface area contributed by atoms with Crippen molar-refractivity contribution in [2.24, 2.45) is 0 Å². The first-order chi connectivity index (χ1) is 15.1. The van der Waals surface area contributed by atoms with Gasteiger partial charge in [0.25, 0.3) is 5.56 Å². The number of rotatable bonds is 4. The zero-order chi connectivity index (χ0) is 21.4. The quantitative estimate of drug-likeness (QED) is 0.684. The first-order valence-corrected chi connectivity index (χ1v) is 11.8. The standard InChI is InChI=1S/C24H32N6O/c1-16-13-17(2)19-15-20(24(31)25-21(19)14-16)22(29-11-7-3-4-8-12-29)23-26-27-28-30(23)18-9-5-6-10-18/h13-15,18,22H,3-12H2,1-2H3,(H,25,31). The zero-order valence-electron chi connectivity index (χ0n) is 18.6. The lowest BCUT2D eigenvalue weighted by Crippen LogP contribution is -2.36. The van der Waals surface area contributed by atoms with Crippen LogP contribution in [0, 0.1) is 13.8 Å². The number of nitrogens with one attached hydrogen (secondary N) is 1. The van der Waals surface area contributed by atoms with Crippen LogP contribution in [0.4, 0.5) is 0 Å². The van der Waals surface area contributed by atoms with Crippen molar-refractivity contribution in [1.29, 1.82) is 0 Å². The highest BCUT2D eigenvalue weighted by atomic mass is 16.1. The number of aromatic amines is 1. The molecule has 0 bridgehead atoms. The molecule has 0 radical (unpaired) electrons. The van der Waals surface area contributed by atoms with E-state index in [1.807, 2.05) is 4.68 Å². The second kappa shape index (κ2) is 8.54. The first-order valence-electron chi connectivity index (χ1n) is 11.8. The van der Waals surface area contributed by atoms with Gasteiger partial charge in [0.05, 0.1) is 6.04 Å². The van der Waals surface area contributed by atoms with Crippen molar-refractivity contribution in [1.82, 2.24) is 30.1 Å². The van der Waals surface area contributed by atoms with Crippen LogP contribution in [0.3, 0.4) is 0 Å². The van der Waals surface area contributed by atoms with Crippen molar-refractivity contribution in [2.45, 2.75) is 77.3 Å². The fourth-order valence-corrected chi connectivity index (χ4v) is 5.53. The molecule has 7 heteroatoms. The molecule has 164 valence electrons. The predicted octanol–water partition coefficient (Wildman–Crippen LogP) is 4.21. The Kier molecular flexibility index (Phi) is 5.61. The zero-order valence-corrected chi connectivity index (χ0v) is 18.6. The second-order valence-corrected chi connectivity index (χ2v) is 9.37. The molecule has 1 aromatic carbocycles. The van der Waals surface area contributed by atoms with Gasteiger partial charge in [0.15, 0.2) is 5.82 Å². The van der Waals surface area contributed by atoms with Gasteiger partial charge < -0.3 is 4.98 Å². The fraction of sp³-hybridized carbons (Fsp3) is 0.583. The van der Waals surface area contributed by atoms with E-state index in [4.69, 9.17) is 0 Å². The third kappa shape index (κ3) is 3.91. The SMILES string of the molecule is Cc1cc(C)c2cc(C(c3nnnn3C3CCCC3)N3CCCCCC3)c(=O)[nH]c2c1. The Hall–Kier alpha value is -2.54. The van der Waals surface area contributed by atoms with Gasteiger partial charge in [0.1, 0.15) is 6.04 Å². The summed E-state index contributed by atoms with van der Waals surface area (Å²) >= 11 is 0. The number of benzene rings is 1. The van der Waals surface area contributed by atoms with E-state index in [1.54, 1.807) is 0 Å². The molecule has 2 aromatic heterocycles. The molecule has 2 fully saturated rings. The van der Waals surface area contributed by atoms with Crippen LogP contribution >= 0.6 is 0 Å². The topological polar surface area (TPSA) is 79.7 Å². The highest BCUT2D eigenvalue weighted by Crippen LogP contribution is 2.35. The van der Waals surface area contributed by atoms with Crippen molar-refractivity contribution >= 4 is 10.9 Å². The van der Waals surface area contributed by atoms with Gasteiger partial charge >= 0.3 is 0 Å². The fourth-order valence-electron chi connectivity index (χ4n) is 5.53. The van der Waals surface area contributed by atoms with Gasteiger partial charge in [-0.2, -0.15) is 0 Å². The molecular formula is C24H32N6O. The summed E-state index contributed by atoms with van der Waals surface area (Å²) in [5.41, 5.74) is 3.96. The number of hydrogen-bond donors (Lipinski definition) is 1. The van der Waals surface area contributed by atoms with E-state index >= 15 is 0 Å². The Bertz CT molecular complexity index is 1120. The highest BCUT2D eigenvalue weighted by Gasteiger charge is 2.33. The minimum absolute atomic E-state index is 0.0345. The molecule has 5 rings (SSSR count). The molecule has 1 unspecified atom stereocenters. The van der Waals surface area contributed by atoms with Gasteiger partial charge in [-0.25, -0.2) is 4.68 Å². The number of pyridine rings is 1. The molecule has 1 aliphatic carbocycles. The summed E-state index contributed by atoms with van der Waals surface area (Å²) in [5.74, 6) is 0.823. The number of tetrazole rings is 1. The molecular weight excluding hydrogens is 388 g/mol. The Labute approximate surface area is 182 Å². The third-order valence-corrected chi connectivity index (χ3v) is 7.08. The van der Waals surface area contributed by atoms with E-state index in [0.717, 1.165) is 66.6 Å². The monoisotopic (exact) mass is 420 g/mol. The molecule has 1 aliphatic heterocycles. The lowest BCUT2D eigenvalue weighted by Gasteiger charge is -2.30. The van der Waals surface area contributed by atoms with Gasteiger partial charge in [0.2, 0.25) is 0 Å². The van der Waals surface area contributed by atoms with Crippen molar-refractivity contribution < 1.29 is 0 Å². The number of nitrogens with zero attached hydrogens (tertiary/aromatic N) is 5. The summed E-state index contributed by atoms with van der Waals surface area (Å²) in [6.07, 6.45) is 9.41. The average molecular weight is 421 g/mol. The van der Waals surface area contributed by atoms with Crippen LogP contribution in [0.5, 0.6) is 0 Å². The Morgan fingerprint density at radius 1 is 1.00 bits per heavy atom. The van der Waals surface area contributed by atoms with E-state index in [9.17, 15) is 4.79 Å². The Morgan fingerprint density at radius 3 is 2.48 bits per heavy atom. The summed E-state index contributed by atoms with van der Waals surface area (Å²) in [6, 6.07) is 6.43. The maximum Gasteiger partial charge on any atom is 0.253 e. The average Bonchev–Trinajstić information content (AvgIpc) is 3.36. The maximum atomic E-state index is 13.4. The normalized spacial score (nSPS) is 19.7. The van der Waals surface area contributed by atoms with Crippen LogP contribution in [-0.4, -0.2) is 43.2 Å². The predicted molar refractivity (Wildman–Crippen MR) is 121 cm³/mol. The third-order valence-electron chi connectivity index (χ3n) is 7.08. The van der Waals surface area contributed by atoms with Gasteiger partial charge in [-0.3, -0.25) is 9.69 Å². The van der Waals surface area contributed by atoms with E-state index in [1.165, 1.54) is 31.2 Å². The minimum atomic E-state index is -0.220. The van der Waals surface area contributed by atoms with Crippen LogP contribution in [-0.2, 0) is 0 Å². The van der Waals surface area contributed by atoms with Crippen LogP contribution < -0.4 is 5.56 Å². The largest absolute Gasteiger partial charge is 0.322 e. The molecule has 3 aromatic rings. The number of aromatic nitrogens is 5. The van der Waals surface area contributed by atoms with Crippen LogP contribution in [0.15, 0.2) is 23.0 Å². The molecule has 1 saturated carbocycles. The summed E-state index contributed by atoms with van der Waals surface area (Å²) < 4.78 is 2.02. The molecule has 7 nitrogen and oxygen atoms in total. The van der Waals surface area contributed by atoms with Crippen molar-refractivity contribution in [2.75, 3.05) is 13.1 Å². The number of fused-ring (bicyclic) bond motifs is 1. The lowest BCUT2D eigenvalue weighted by atomic mass is 9.99. The van der Waals surface area contributed by atoms with Crippen LogP contribution in [0.1, 0.15) is 86.0 Å². The molecule has 0 spiro atoms. The number of aryl methyl sites for hydroxylation is 2. The summed E-state index contributed by atoms with van der Waals surface area (Å²) in [4.78, 5) is 19.0. The molecule has 0 amide bonds. The maximum absolute atomic E-state index is 13.4. The molecule has 1 atom stereocenters. The molecule has 3 heterocycles. The van der Waals surface area contributed by atoms with Gasteiger partial charge in [0, 0.05) is 16.5 Å². The molecule has 2 aliphatic rings. The van der Waals surface area contributed by atoms with E-state index in [0.29, 0.717) is 6.04 Å². The lowest BCUT2D eigenvalue weighted by molar-refractivity contribution is 0.216. The number of hydrogen-bond acceptors (Lipinski definition) is 5. The summed E-state index contributed by atoms with van der Waals surface area (Å²) in [5, 5.41) is 14.1. The van der Waals surface area contributed by atoms with E-state index in [2.05, 4.69) is 57.5 Å². The van der Waals surface area contributed by atoms with Gasteiger partial charge in [-0.05, 0) is 86.3 Å². The number of H-pyrrole nitrogens is 1. The van der Waals surface area contributed by atoms with Crippen LogP contribution in [0.2, 0.25) is 0 Å². The minimum Gasteiger partial charge on any atom is -0.322 e. The van der Waals surface area contributed by atoms with Gasteiger partial charge in [-0.1, -0.05) is 31.7 Å². The summed E-state index contributed by atoms with van der Waals surface area (Å²) in [7, 11) is 0. The van der Waals surface area contributed by atoms with Crippen molar-refractivity contribution in [3.63, 3.8) is 0 Å². The second-order valence-electron chi connectivity index (χ2n) is 9.37. The van der Waals surface area contributed by atoms with E-state index < -0.39 is 0 Å². The van der Waals surface area contributed by atoms with Crippen molar-refractivity contribution in [3.05, 3.63) is 51.1 Å². The smallest absolute Gasteiger partial charge is 0.253 e. The number of likely N-dealkylation sites (tertiary alicyclic amines) is 1. The van der Waals surface area contributed by atoms with Crippen LogP contribution in [0.25, 0.3) is 10.9 Å². The molecule has 1 N–H and O–H groups in total. The molecule has 31 heavy (non-hydrogen) atoms. The Morgan fingerprint density at radius 2 is 1.74 bits per heavy atom. The summed E-state index contributed by atoms with van der Waals surface area (Å²) in [6.45, 7) is 6.11. The molecule has 1 saturated heterocycles.